The molecule has 3 rings (SSSR count). The van der Waals surface area contributed by atoms with E-state index in [0.717, 1.165) is 6.07 Å². The smallest absolute Gasteiger partial charge is 0.256 e. The minimum atomic E-state index is -0.718. The van der Waals surface area contributed by atoms with Crippen molar-refractivity contribution < 1.29 is 14.0 Å². The number of carbonyl (C=O) groups excluding carboxylic acids is 2. The summed E-state index contributed by atoms with van der Waals surface area (Å²) in [5, 5.41) is 6.58. The molecule has 0 bridgehead atoms. The third-order valence-electron chi connectivity index (χ3n) is 3.70. The maximum absolute atomic E-state index is 13.8. The first kappa shape index (κ1) is 15.5. The second-order valence-corrected chi connectivity index (χ2v) is 5.68. The number of aromatic nitrogens is 2. The van der Waals surface area contributed by atoms with E-state index in [4.69, 9.17) is 11.6 Å². The third kappa shape index (κ3) is 2.92. The Bertz CT molecular complexity index is 756. The maximum Gasteiger partial charge on any atom is 0.256 e. The van der Waals surface area contributed by atoms with Crippen molar-refractivity contribution >= 4 is 29.1 Å². The number of nitrogens with one attached hydrogen (secondary N) is 1. The zero-order valence-corrected chi connectivity index (χ0v) is 13.0. The fourth-order valence-electron chi connectivity index (χ4n) is 2.56. The minimum Gasteiger partial charge on any atom is -0.340 e. The number of carbonyl (C=O) groups is 2. The summed E-state index contributed by atoms with van der Waals surface area (Å²) in [5.74, 6) is -1.66. The van der Waals surface area contributed by atoms with Crippen LogP contribution in [-0.2, 0) is 11.8 Å². The highest BCUT2D eigenvalue weighted by atomic mass is 35.5. The lowest BCUT2D eigenvalue weighted by atomic mass is 10.1. The first-order chi connectivity index (χ1) is 11.0. The Balaban J connectivity index is 1.74. The molecule has 1 fully saturated rings. The van der Waals surface area contributed by atoms with E-state index in [-0.39, 0.29) is 16.5 Å². The summed E-state index contributed by atoms with van der Waals surface area (Å²) in [4.78, 5) is 26.2. The summed E-state index contributed by atoms with van der Waals surface area (Å²) in [6, 6.07) is 3.29. The summed E-state index contributed by atoms with van der Waals surface area (Å²) in [6.45, 7) is 0.459. The molecule has 2 heterocycles. The molecule has 1 aromatic carbocycles. The molecular formula is C15H14ClFN4O2. The van der Waals surface area contributed by atoms with Gasteiger partial charge in [0.2, 0.25) is 5.91 Å². The Morgan fingerprint density at radius 2 is 2.26 bits per heavy atom. The highest BCUT2D eigenvalue weighted by molar-refractivity contribution is 6.33. The number of hydrogen-bond acceptors (Lipinski definition) is 3. The van der Waals surface area contributed by atoms with E-state index in [1.807, 2.05) is 0 Å². The van der Waals surface area contributed by atoms with E-state index in [9.17, 15) is 14.0 Å². The summed E-state index contributed by atoms with van der Waals surface area (Å²) in [7, 11) is 1.75. The van der Waals surface area contributed by atoms with Gasteiger partial charge in [0.25, 0.3) is 5.91 Å². The molecule has 1 aromatic heterocycles. The standard InChI is InChI=1S/C15H14ClFN4O2/c1-20-8-9(7-18-20)21-6-5-12(15(21)23)19-14(22)13-10(16)3-2-4-11(13)17/h2-4,7-8,12H,5-6H2,1H3,(H,19,22). The molecular weight excluding hydrogens is 323 g/mol. The van der Waals surface area contributed by atoms with Crippen molar-refractivity contribution in [2.24, 2.45) is 7.05 Å². The Morgan fingerprint density at radius 1 is 1.48 bits per heavy atom. The van der Waals surface area contributed by atoms with E-state index < -0.39 is 17.8 Å². The van der Waals surface area contributed by atoms with Crippen LogP contribution < -0.4 is 10.2 Å². The van der Waals surface area contributed by atoms with Gasteiger partial charge in [-0.05, 0) is 18.6 Å². The topological polar surface area (TPSA) is 67.2 Å². The molecule has 8 heteroatoms. The number of halogens is 2. The molecule has 0 aliphatic carbocycles. The van der Waals surface area contributed by atoms with Crippen LogP contribution in [0.5, 0.6) is 0 Å². The first-order valence-corrected chi connectivity index (χ1v) is 7.40. The van der Waals surface area contributed by atoms with Gasteiger partial charge in [0.1, 0.15) is 11.9 Å². The molecule has 1 aliphatic rings. The Morgan fingerprint density at radius 3 is 2.91 bits per heavy atom. The molecule has 1 saturated heterocycles. The lowest BCUT2D eigenvalue weighted by Gasteiger charge is -2.15. The van der Waals surface area contributed by atoms with Crippen LogP contribution in [0.2, 0.25) is 5.02 Å². The third-order valence-corrected chi connectivity index (χ3v) is 4.02. The van der Waals surface area contributed by atoms with Gasteiger partial charge < -0.3 is 10.2 Å². The van der Waals surface area contributed by atoms with Crippen molar-refractivity contribution in [1.82, 2.24) is 15.1 Å². The van der Waals surface area contributed by atoms with Gasteiger partial charge in [0, 0.05) is 19.8 Å². The van der Waals surface area contributed by atoms with Crippen LogP contribution in [0.15, 0.2) is 30.6 Å². The summed E-state index contributed by atoms with van der Waals surface area (Å²) in [5.41, 5.74) is 0.417. The van der Waals surface area contributed by atoms with E-state index >= 15 is 0 Å². The van der Waals surface area contributed by atoms with Gasteiger partial charge in [-0.2, -0.15) is 5.10 Å². The lowest BCUT2D eigenvalue weighted by Crippen LogP contribution is -2.41. The Kier molecular flexibility index (Phi) is 4.04. The van der Waals surface area contributed by atoms with Gasteiger partial charge in [-0.15, -0.1) is 0 Å². The van der Waals surface area contributed by atoms with Crippen molar-refractivity contribution in [3.8, 4) is 0 Å². The summed E-state index contributed by atoms with van der Waals surface area (Å²) >= 11 is 5.87. The Hall–Kier alpha value is -2.41. The monoisotopic (exact) mass is 336 g/mol. The molecule has 23 heavy (non-hydrogen) atoms. The van der Waals surface area contributed by atoms with Crippen LogP contribution in [0.4, 0.5) is 10.1 Å². The highest BCUT2D eigenvalue weighted by Gasteiger charge is 2.35. The zero-order valence-electron chi connectivity index (χ0n) is 12.3. The number of amides is 2. The predicted octanol–water partition coefficient (Wildman–Crippen LogP) is 1.75. The van der Waals surface area contributed by atoms with E-state index in [2.05, 4.69) is 10.4 Å². The number of hydrogen-bond donors (Lipinski definition) is 1. The van der Waals surface area contributed by atoms with Gasteiger partial charge in [0.15, 0.2) is 0 Å². The van der Waals surface area contributed by atoms with Gasteiger partial charge in [-0.1, -0.05) is 17.7 Å². The van der Waals surface area contributed by atoms with Crippen LogP contribution in [-0.4, -0.2) is 34.2 Å². The largest absolute Gasteiger partial charge is 0.340 e. The van der Waals surface area contributed by atoms with Crippen LogP contribution in [0, 0.1) is 5.82 Å². The van der Waals surface area contributed by atoms with E-state index in [0.29, 0.717) is 18.7 Å². The molecule has 120 valence electrons. The average Bonchev–Trinajstić information content (AvgIpc) is 3.06. The van der Waals surface area contributed by atoms with Gasteiger partial charge in [-0.3, -0.25) is 14.3 Å². The van der Waals surface area contributed by atoms with Gasteiger partial charge >= 0.3 is 0 Å². The van der Waals surface area contributed by atoms with Crippen LogP contribution in [0.3, 0.4) is 0 Å². The number of aryl methyl sites for hydroxylation is 1. The number of nitrogens with zero attached hydrogens (tertiary/aromatic N) is 3. The van der Waals surface area contributed by atoms with Crippen molar-refractivity contribution in [3.05, 3.63) is 47.0 Å². The van der Waals surface area contributed by atoms with Crippen LogP contribution in [0.25, 0.3) is 0 Å². The quantitative estimate of drug-likeness (QED) is 0.928. The zero-order chi connectivity index (χ0) is 16.6. The summed E-state index contributed by atoms with van der Waals surface area (Å²) < 4.78 is 15.4. The molecule has 0 spiro atoms. The van der Waals surface area contributed by atoms with E-state index in [1.54, 1.807) is 29.0 Å². The molecule has 2 aromatic rings. The fourth-order valence-corrected chi connectivity index (χ4v) is 2.81. The van der Waals surface area contributed by atoms with Crippen LogP contribution >= 0.6 is 11.6 Å². The number of anilines is 1. The summed E-state index contributed by atoms with van der Waals surface area (Å²) in [6.07, 6.45) is 3.73. The molecule has 1 aliphatic heterocycles. The average molecular weight is 337 g/mol. The van der Waals surface area contributed by atoms with Crippen molar-refractivity contribution in [3.63, 3.8) is 0 Å². The SMILES string of the molecule is Cn1cc(N2CCC(NC(=O)c3c(F)cccc3Cl)C2=O)cn1. The van der Waals surface area contributed by atoms with Crippen molar-refractivity contribution in [2.75, 3.05) is 11.4 Å². The number of benzene rings is 1. The van der Waals surface area contributed by atoms with Crippen molar-refractivity contribution in [1.29, 1.82) is 0 Å². The minimum absolute atomic E-state index is 0.0112. The first-order valence-electron chi connectivity index (χ1n) is 7.02. The molecule has 2 amide bonds. The molecule has 1 N–H and O–H groups in total. The maximum atomic E-state index is 13.8. The van der Waals surface area contributed by atoms with E-state index in [1.165, 1.54) is 12.1 Å². The normalized spacial score (nSPS) is 17.6. The van der Waals surface area contributed by atoms with Gasteiger partial charge in [0.05, 0.1) is 22.5 Å². The predicted molar refractivity (Wildman–Crippen MR) is 82.8 cm³/mol. The molecule has 1 atom stereocenters. The lowest BCUT2D eigenvalue weighted by molar-refractivity contribution is -0.118. The molecule has 0 saturated carbocycles. The molecule has 6 nitrogen and oxygen atoms in total. The van der Waals surface area contributed by atoms with Gasteiger partial charge in [-0.25, -0.2) is 4.39 Å². The van der Waals surface area contributed by atoms with Crippen LogP contribution in [0.1, 0.15) is 16.8 Å². The second-order valence-electron chi connectivity index (χ2n) is 5.27. The number of rotatable bonds is 3. The molecule has 1 unspecified atom stereocenters. The Labute approximate surface area is 136 Å². The molecule has 0 radical (unpaired) electrons. The fraction of sp³-hybridized carbons (Fsp3) is 0.267. The second kappa shape index (κ2) is 6.00. The highest BCUT2D eigenvalue weighted by Crippen LogP contribution is 2.22. The van der Waals surface area contributed by atoms with Crippen molar-refractivity contribution in [2.45, 2.75) is 12.5 Å².